The van der Waals surface area contributed by atoms with Crippen molar-refractivity contribution >= 4 is 23.7 Å². The number of hydrogen-bond acceptors (Lipinski definition) is 6. The molecule has 0 spiro atoms. The number of phenols is 1. The van der Waals surface area contributed by atoms with E-state index in [-0.39, 0.29) is 30.3 Å². The number of aromatic hydroxyl groups is 1. The predicted molar refractivity (Wildman–Crippen MR) is 116 cm³/mol. The molecular weight excluding hydrogens is 403 g/mol. The second-order valence-electron chi connectivity index (χ2n) is 6.51. The molecule has 0 amide bonds. The minimum atomic E-state index is -0.456. The standard InChI is InChI=1S/C24H25FO6/c1-29-23-14-17(6-10-21(23)28)4-8-19(26)16-20(27)9-5-18-7-11-22(24(15-18)30-2)31-13-3-12-25/h4-11,14-15,28H,3,12-13,16H2,1-2H3. The van der Waals surface area contributed by atoms with E-state index in [4.69, 9.17) is 14.2 Å². The van der Waals surface area contributed by atoms with Crippen LogP contribution in [-0.2, 0) is 9.59 Å². The van der Waals surface area contributed by atoms with E-state index in [9.17, 15) is 19.1 Å². The van der Waals surface area contributed by atoms with Gasteiger partial charge in [-0.1, -0.05) is 24.3 Å². The first-order chi connectivity index (χ1) is 15.0. The zero-order valence-electron chi connectivity index (χ0n) is 17.5. The maximum atomic E-state index is 12.2. The molecule has 1 N–H and O–H groups in total. The smallest absolute Gasteiger partial charge is 0.163 e. The molecule has 31 heavy (non-hydrogen) atoms. The molecule has 0 radical (unpaired) electrons. The van der Waals surface area contributed by atoms with Crippen LogP contribution in [0.2, 0.25) is 0 Å². The van der Waals surface area contributed by atoms with Gasteiger partial charge in [0.1, 0.15) is 0 Å². The molecule has 0 aliphatic heterocycles. The first-order valence-corrected chi connectivity index (χ1v) is 9.62. The summed E-state index contributed by atoms with van der Waals surface area (Å²) in [5, 5.41) is 9.58. The van der Waals surface area contributed by atoms with Gasteiger partial charge in [-0.2, -0.15) is 0 Å². The van der Waals surface area contributed by atoms with Gasteiger partial charge in [0.05, 0.1) is 33.9 Å². The summed E-state index contributed by atoms with van der Waals surface area (Å²) >= 11 is 0. The maximum Gasteiger partial charge on any atom is 0.163 e. The Labute approximate surface area is 180 Å². The van der Waals surface area contributed by atoms with E-state index in [1.165, 1.54) is 32.4 Å². The highest BCUT2D eigenvalue weighted by Gasteiger charge is 2.07. The highest BCUT2D eigenvalue weighted by Crippen LogP contribution is 2.29. The fourth-order valence-corrected chi connectivity index (χ4v) is 2.61. The average molecular weight is 428 g/mol. The van der Waals surface area contributed by atoms with Crippen LogP contribution < -0.4 is 14.2 Å². The van der Waals surface area contributed by atoms with Gasteiger partial charge in [0.2, 0.25) is 0 Å². The lowest BCUT2D eigenvalue weighted by molar-refractivity contribution is -0.121. The summed E-state index contributed by atoms with van der Waals surface area (Å²) in [6.07, 6.45) is 5.79. The summed E-state index contributed by atoms with van der Waals surface area (Å²) in [7, 11) is 2.92. The molecule has 2 rings (SSSR count). The van der Waals surface area contributed by atoms with Crippen LogP contribution in [0.5, 0.6) is 23.0 Å². The van der Waals surface area contributed by atoms with Crippen molar-refractivity contribution in [1.29, 1.82) is 0 Å². The summed E-state index contributed by atoms with van der Waals surface area (Å²) in [5.41, 5.74) is 1.36. The third-order valence-corrected chi connectivity index (χ3v) is 4.20. The van der Waals surface area contributed by atoms with Gasteiger partial charge in [0.25, 0.3) is 0 Å². The molecule has 164 valence electrons. The molecule has 0 bridgehead atoms. The lowest BCUT2D eigenvalue weighted by atomic mass is 10.1. The van der Waals surface area contributed by atoms with Gasteiger partial charge in [0, 0.05) is 6.42 Å². The largest absolute Gasteiger partial charge is 0.504 e. The number of carbonyl (C=O) groups is 2. The van der Waals surface area contributed by atoms with Crippen LogP contribution in [0, 0.1) is 0 Å². The third-order valence-electron chi connectivity index (χ3n) is 4.20. The SMILES string of the molecule is COc1cc(C=CC(=O)CC(=O)C=Cc2ccc(OCCCF)c(OC)c2)ccc1O. The Morgan fingerprint density at radius 2 is 1.48 bits per heavy atom. The van der Waals surface area contributed by atoms with Crippen molar-refractivity contribution in [2.24, 2.45) is 0 Å². The number of rotatable bonds is 12. The molecule has 2 aromatic rings. The first-order valence-electron chi connectivity index (χ1n) is 9.62. The molecule has 7 heteroatoms. The third kappa shape index (κ3) is 7.62. The highest BCUT2D eigenvalue weighted by molar-refractivity contribution is 6.10. The van der Waals surface area contributed by atoms with Crippen LogP contribution in [0.4, 0.5) is 4.39 Å². The van der Waals surface area contributed by atoms with Gasteiger partial charge in [0.15, 0.2) is 34.6 Å². The monoisotopic (exact) mass is 428 g/mol. The lowest BCUT2D eigenvalue weighted by Crippen LogP contribution is -2.02. The minimum Gasteiger partial charge on any atom is -0.504 e. The molecule has 0 aromatic heterocycles. The highest BCUT2D eigenvalue weighted by atomic mass is 19.1. The molecule has 2 aromatic carbocycles. The Balaban J connectivity index is 1.94. The topological polar surface area (TPSA) is 82.1 Å². The number of hydrogen-bond donors (Lipinski definition) is 1. The molecule has 6 nitrogen and oxygen atoms in total. The Morgan fingerprint density at radius 1 is 0.903 bits per heavy atom. The van der Waals surface area contributed by atoms with E-state index >= 15 is 0 Å². The first kappa shape index (κ1) is 23.7. The second kappa shape index (κ2) is 12.2. The van der Waals surface area contributed by atoms with E-state index in [0.29, 0.717) is 34.8 Å². The molecule has 0 saturated carbocycles. The minimum absolute atomic E-state index is 0.00211. The van der Waals surface area contributed by atoms with Crippen molar-refractivity contribution in [2.75, 3.05) is 27.5 Å². The fourth-order valence-electron chi connectivity index (χ4n) is 2.61. The predicted octanol–water partition coefficient (Wildman–Crippen LogP) is 4.40. The van der Waals surface area contributed by atoms with E-state index in [0.717, 1.165) is 0 Å². The van der Waals surface area contributed by atoms with E-state index in [1.807, 2.05) is 0 Å². The number of methoxy groups -OCH3 is 2. The maximum absolute atomic E-state index is 12.2. The number of phenolic OH excluding ortho intramolecular Hbond substituents is 1. The molecule has 0 fully saturated rings. The number of ketones is 2. The van der Waals surface area contributed by atoms with E-state index in [1.54, 1.807) is 42.5 Å². The number of carbonyl (C=O) groups excluding carboxylic acids is 2. The van der Waals surface area contributed by atoms with Gasteiger partial charge in [-0.25, -0.2) is 0 Å². The van der Waals surface area contributed by atoms with Crippen molar-refractivity contribution in [3.8, 4) is 23.0 Å². The summed E-state index contributed by atoms with van der Waals surface area (Å²) in [5.74, 6) is 0.559. The fraction of sp³-hybridized carbons (Fsp3) is 0.250. The molecular formula is C24H25FO6. The lowest BCUT2D eigenvalue weighted by Gasteiger charge is -2.10. The summed E-state index contributed by atoms with van der Waals surface area (Å²) in [6, 6.07) is 9.77. The number of alkyl halides is 1. The Kier molecular flexibility index (Phi) is 9.29. The van der Waals surface area contributed by atoms with Crippen LogP contribution in [0.1, 0.15) is 24.0 Å². The molecule has 0 heterocycles. The Bertz CT molecular complexity index is 965. The summed E-state index contributed by atoms with van der Waals surface area (Å²) in [6.45, 7) is -0.213. The van der Waals surface area contributed by atoms with Crippen molar-refractivity contribution in [2.45, 2.75) is 12.8 Å². The van der Waals surface area contributed by atoms with Crippen LogP contribution in [0.15, 0.2) is 48.6 Å². The van der Waals surface area contributed by atoms with Crippen LogP contribution in [0.3, 0.4) is 0 Å². The van der Waals surface area contributed by atoms with Crippen molar-refractivity contribution in [1.82, 2.24) is 0 Å². The van der Waals surface area contributed by atoms with Gasteiger partial charge in [-0.15, -0.1) is 0 Å². The summed E-state index contributed by atoms with van der Waals surface area (Å²) < 4.78 is 27.9. The van der Waals surface area contributed by atoms with Gasteiger partial charge in [-0.3, -0.25) is 14.0 Å². The molecule has 0 atom stereocenters. The molecule has 0 aliphatic carbocycles. The number of halogens is 1. The van der Waals surface area contributed by atoms with Gasteiger partial charge < -0.3 is 19.3 Å². The van der Waals surface area contributed by atoms with Crippen LogP contribution >= 0.6 is 0 Å². The summed E-state index contributed by atoms with van der Waals surface area (Å²) in [4.78, 5) is 24.1. The van der Waals surface area contributed by atoms with Crippen molar-refractivity contribution in [3.05, 3.63) is 59.7 Å². The average Bonchev–Trinajstić information content (AvgIpc) is 2.77. The van der Waals surface area contributed by atoms with Crippen molar-refractivity contribution in [3.63, 3.8) is 0 Å². The normalized spacial score (nSPS) is 11.1. The molecule has 0 unspecified atom stereocenters. The second-order valence-corrected chi connectivity index (χ2v) is 6.51. The zero-order valence-corrected chi connectivity index (χ0v) is 17.5. The number of ether oxygens (including phenoxy) is 3. The van der Waals surface area contributed by atoms with Gasteiger partial charge >= 0.3 is 0 Å². The van der Waals surface area contributed by atoms with E-state index < -0.39 is 6.67 Å². The quantitative estimate of drug-likeness (QED) is 0.307. The molecule has 0 saturated heterocycles. The zero-order chi connectivity index (χ0) is 22.6. The Morgan fingerprint density at radius 3 is 2.06 bits per heavy atom. The number of allylic oxidation sites excluding steroid dienone is 2. The van der Waals surface area contributed by atoms with Crippen LogP contribution in [-0.4, -0.2) is 44.2 Å². The van der Waals surface area contributed by atoms with E-state index in [2.05, 4.69) is 0 Å². The number of benzene rings is 2. The van der Waals surface area contributed by atoms with Crippen LogP contribution in [0.25, 0.3) is 12.2 Å². The van der Waals surface area contributed by atoms with Crippen molar-refractivity contribution < 1.29 is 33.3 Å². The Hall–Kier alpha value is -3.61. The van der Waals surface area contributed by atoms with Gasteiger partial charge in [-0.05, 0) is 47.5 Å². The molecule has 0 aliphatic rings.